The van der Waals surface area contributed by atoms with Crippen LogP contribution in [0.25, 0.3) is 22.3 Å². The van der Waals surface area contributed by atoms with Crippen molar-refractivity contribution in [2.45, 2.75) is 38.1 Å². The van der Waals surface area contributed by atoms with Crippen molar-refractivity contribution in [2.75, 3.05) is 12.8 Å². The average molecular weight is 513 g/mol. The molecule has 0 aliphatic carbocycles. The van der Waals surface area contributed by atoms with Crippen LogP contribution in [0.1, 0.15) is 42.5 Å². The number of rotatable bonds is 5. The Balaban J connectivity index is 1.72. The standard InChI is InChI=1S/C23H24N6O4S2/c1-12-6-7-14(19-27-22(24)34-28-19)13-8-9-15(25-18(12)13)20(30)29-35(31,32)21-16(33-5)10-11-17(26-21)23(2,3)4/h6-11H,1-5H3,(H,29,30)(H2,24,27,28). The first kappa shape index (κ1) is 24.5. The SMILES string of the molecule is COc1ccc(C(C)(C)C)nc1S(=O)(=O)NC(=O)c1ccc2c(-c3nsc(N)n3)ccc(C)c2n1. The number of ether oxygens (including phenoxy) is 1. The first-order chi connectivity index (χ1) is 16.4. The topological polar surface area (TPSA) is 150 Å². The first-order valence-corrected chi connectivity index (χ1v) is 12.8. The lowest BCUT2D eigenvalue weighted by molar-refractivity contribution is 0.0977. The zero-order chi connectivity index (χ0) is 25.5. The molecular weight excluding hydrogens is 488 g/mol. The number of hydrogen-bond acceptors (Lipinski definition) is 10. The van der Waals surface area contributed by atoms with E-state index < -0.39 is 21.3 Å². The predicted molar refractivity (Wildman–Crippen MR) is 134 cm³/mol. The Morgan fingerprint density at radius 2 is 1.80 bits per heavy atom. The first-order valence-electron chi connectivity index (χ1n) is 10.5. The van der Waals surface area contributed by atoms with Crippen LogP contribution in [-0.4, -0.2) is 40.8 Å². The second kappa shape index (κ2) is 8.86. The maximum atomic E-state index is 13.1. The van der Waals surface area contributed by atoms with Gasteiger partial charge in [0.05, 0.1) is 12.6 Å². The fourth-order valence-electron chi connectivity index (χ4n) is 3.44. The van der Waals surface area contributed by atoms with E-state index in [4.69, 9.17) is 10.5 Å². The summed E-state index contributed by atoms with van der Waals surface area (Å²) in [4.78, 5) is 25.9. The quantitative estimate of drug-likeness (QED) is 0.410. The highest BCUT2D eigenvalue weighted by Crippen LogP contribution is 2.30. The molecule has 1 amide bonds. The van der Waals surface area contributed by atoms with Crippen LogP contribution in [0.2, 0.25) is 0 Å². The number of benzene rings is 1. The summed E-state index contributed by atoms with van der Waals surface area (Å²) >= 11 is 1.08. The number of methoxy groups -OCH3 is 1. The van der Waals surface area contributed by atoms with Gasteiger partial charge in [-0.2, -0.15) is 17.8 Å². The number of sulfonamides is 1. The lowest BCUT2D eigenvalue weighted by Crippen LogP contribution is -2.32. The van der Waals surface area contributed by atoms with Crippen LogP contribution in [0.5, 0.6) is 5.75 Å². The monoisotopic (exact) mass is 512 g/mol. The fourth-order valence-corrected chi connectivity index (χ4v) is 4.96. The van der Waals surface area contributed by atoms with Crippen LogP contribution in [0.3, 0.4) is 0 Å². The van der Waals surface area contributed by atoms with Gasteiger partial charge in [-0.05, 0) is 36.8 Å². The summed E-state index contributed by atoms with van der Waals surface area (Å²) < 4.78 is 37.7. The van der Waals surface area contributed by atoms with Crippen LogP contribution in [0, 0.1) is 6.92 Å². The number of carbonyl (C=O) groups is 1. The van der Waals surface area contributed by atoms with Gasteiger partial charge in [0.15, 0.2) is 16.7 Å². The van der Waals surface area contributed by atoms with Gasteiger partial charge in [-0.1, -0.05) is 32.9 Å². The van der Waals surface area contributed by atoms with Crippen molar-refractivity contribution < 1.29 is 17.9 Å². The molecule has 0 fully saturated rings. The van der Waals surface area contributed by atoms with E-state index in [9.17, 15) is 13.2 Å². The van der Waals surface area contributed by atoms with Crippen LogP contribution in [0.4, 0.5) is 5.13 Å². The summed E-state index contributed by atoms with van der Waals surface area (Å²) in [5.74, 6) is -0.408. The molecule has 0 radical (unpaired) electrons. The Morgan fingerprint density at radius 3 is 2.43 bits per heavy atom. The van der Waals surface area contributed by atoms with Gasteiger partial charge < -0.3 is 10.5 Å². The van der Waals surface area contributed by atoms with Crippen LogP contribution < -0.4 is 15.2 Å². The third kappa shape index (κ3) is 4.80. The molecule has 1 aromatic carbocycles. The number of carbonyl (C=O) groups excluding carboxylic acids is 1. The highest BCUT2D eigenvalue weighted by molar-refractivity contribution is 7.90. The van der Waals surface area contributed by atoms with Gasteiger partial charge >= 0.3 is 0 Å². The Kier molecular flexibility index (Phi) is 6.20. The molecule has 0 saturated heterocycles. The van der Waals surface area contributed by atoms with Gasteiger partial charge in [0.1, 0.15) is 5.69 Å². The minimum atomic E-state index is -4.35. The zero-order valence-corrected chi connectivity index (χ0v) is 21.4. The lowest BCUT2D eigenvalue weighted by Gasteiger charge is -2.19. The van der Waals surface area contributed by atoms with E-state index in [1.54, 1.807) is 12.1 Å². The van der Waals surface area contributed by atoms with Crippen molar-refractivity contribution >= 4 is 43.5 Å². The van der Waals surface area contributed by atoms with Crippen LogP contribution in [0.15, 0.2) is 41.4 Å². The fraction of sp³-hybridized carbons (Fsp3) is 0.261. The van der Waals surface area contributed by atoms with E-state index in [-0.39, 0.29) is 16.5 Å². The summed E-state index contributed by atoms with van der Waals surface area (Å²) in [5, 5.41) is 0.679. The van der Waals surface area contributed by atoms with Crippen molar-refractivity contribution in [3.63, 3.8) is 0 Å². The molecule has 35 heavy (non-hydrogen) atoms. The number of nitrogens with zero attached hydrogens (tertiary/aromatic N) is 4. The molecule has 0 saturated carbocycles. The van der Waals surface area contributed by atoms with Gasteiger partial charge in [0, 0.05) is 33.6 Å². The molecule has 182 valence electrons. The average Bonchev–Trinajstić information content (AvgIpc) is 3.23. The predicted octanol–water partition coefficient (Wildman–Crippen LogP) is 3.46. The third-order valence-corrected chi connectivity index (χ3v) is 7.07. The van der Waals surface area contributed by atoms with E-state index in [0.717, 1.165) is 17.1 Å². The Morgan fingerprint density at radius 1 is 1.06 bits per heavy atom. The second-order valence-corrected chi connectivity index (χ2v) is 11.2. The number of nitrogens with one attached hydrogen (secondary N) is 1. The molecule has 3 heterocycles. The van der Waals surface area contributed by atoms with E-state index in [1.165, 1.54) is 19.2 Å². The minimum Gasteiger partial charge on any atom is -0.494 e. The summed E-state index contributed by atoms with van der Waals surface area (Å²) in [7, 11) is -3.02. The van der Waals surface area contributed by atoms with Crippen molar-refractivity contribution in [3.8, 4) is 17.1 Å². The number of amides is 1. The molecule has 0 aliphatic heterocycles. The van der Waals surface area contributed by atoms with Gasteiger partial charge in [0.25, 0.3) is 15.9 Å². The van der Waals surface area contributed by atoms with Gasteiger partial charge in [-0.3, -0.25) is 4.79 Å². The molecular formula is C23H24N6O4S2. The molecule has 0 spiro atoms. The number of hydrogen-bond donors (Lipinski definition) is 2. The van der Waals surface area contributed by atoms with Crippen molar-refractivity contribution in [3.05, 3.63) is 53.3 Å². The number of nitrogen functional groups attached to an aromatic ring is 1. The maximum Gasteiger partial charge on any atom is 0.285 e. The van der Waals surface area contributed by atoms with Crippen LogP contribution in [-0.2, 0) is 15.4 Å². The van der Waals surface area contributed by atoms with Gasteiger partial charge in [0.2, 0.25) is 5.03 Å². The molecule has 10 nitrogen and oxygen atoms in total. The number of aromatic nitrogens is 4. The number of pyridine rings is 2. The Labute approximate surface area is 206 Å². The highest BCUT2D eigenvalue weighted by atomic mass is 32.2. The molecule has 12 heteroatoms. The van der Waals surface area contributed by atoms with Gasteiger partial charge in [-0.15, -0.1) is 0 Å². The van der Waals surface area contributed by atoms with Gasteiger partial charge in [-0.25, -0.2) is 14.7 Å². The molecule has 0 bridgehead atoms. The summed E-state index contributed by atoms with van der Waals surface area (Å²) in [6, 6.07) is 10.0. The van der Waals surface area contributed by atoms with Crippen molar-refractivity contribution in [2.24, 2.45) is 0 Å². The van der Waals surface area contributed by atoms with E-state index in [1.807, 2.05) is 39.8 Å². The zero-order valence-electron chi connectivity index (χ0n) is 19.8. The smallest absolute Gasteiger partial charge is 0.285 e. The number of aryl methyl sites for hydroxylation is 1. The highest BCUT2D eigenvalue weighted by Gasteiger charge is 2.28. The normalized spacial score (nSPS) is 12.0. The van der Waals surface area contributed by atoms with Crippen LogP contribution >= 0.6 is 11.5 Å². The largest absolute Gasteiger partial charge is 0.494 e. The molecule has 3 N–H and O–H groups in total. The summed E-state index contributed by atoms with van der Waals surface area (Å²) in [6.07, 6.45) is 0. The Hall–Kier alpha value is -3.64. The molecule has 4 aromatic rings. The number of nitrogens with two attached hydrogens (primary N) is 1. The molecule has 0 aliphatic rings. The van der Waals surface area contributed by atoms with Crippen molar-refractivity contribution in [1.29, 1.82) is 0 Å². The van der Waals surface area contributed by atoms with E-state index >= 15 is 0 Å². The van der Waals surface area contributed by atoms with E-state index in [0.29, 0.717) is 33.1 Å². The minimum absolute atomic E-state index is 0.0280. The Bertz CT molecular complexity index is 1560. The third-order valence-electron chi connectivity index (χ3n) is 5.27. The van der Waals surface area contributed by atoms with E-state index in [2.05, 4.69) is 24.0 Å². The molecule has 0 unspecified atom stereocenters. The molecule has 3 aromatic heterocycles. The number of fused-ring (bicyclic) bond motifs is 1. The molecule has 0 atom stereocenters. The number of anilines is 1. The van der Waals surface area contributed by atoms with Crippen molar-refractivity contribution in [1.82, 2.24) is 24.0 Å². The lowest BCUT2D eigenvalue weighted by atomic mass is 9.92. The summed E-state index contributed by atoms with van der Waals surface area (Å²) in [6.45, 7) is 7.55. The molecule has 4 rings (SSSR count). The second-order valence-electron chi connectivity index (χ2n) is 8.87. The maximum absolute atomic E-state index is 13.1. The summed E-state index contributed by atoms with van der Waals surface area (Å²) in [5.41, 5.74) is 7.80.